The number of rotatable bonds is 4. The molecule has 3 nitrogen and oxygen atoms in total. The number of aliphatic hydroxyl groups excluding tert-OH is 1. The Bertz CT molecular complexity index is 202. The van der Waals surface area contributed by atoms with Gasteiger partial charge in [0.05, 0.1) is 6.10 Å². The average Bonchev–Trinajstić information content (AvgIpc) is 2.73. The quantitative estimate of drug-likeness (QED) is 0.756. The third-order valence-corrected chi connectivity index (χ3v) is 4.32. The van der Waals surface area contributed by atoms with E-state index in [1.54, 1.807) is 0 Å². The lowest BCUT2D eigenvalue weighted by Crippen LogP contribution is -2.44. The Morgan fingerprint density at radius 2 is 1.94 bits per heavy atom. The van der Waals surface area contributed by atoms with E-state index in [0.29, 0.717) is 12.0 Å². The maximum atomic E-state index is 9.75. The van der Waals surface area contributed by atoms with Crippen molar-refractivity contribution in [3.8, 4) is 0 Å². The van der Waals surface area contributed by atoms with Crippen LogP contribution in [-0.4, -0.2) is 48.3 Å². The van der Waals surface area contributed by atoms with Gasteiger partial charge in [0.15, 0.2) is 0 Å². The molecule has 1 aliphatic heterocycles. The second kappa shape index (κ2) is 5.99. The zero-order valence-electron chi connectivity index (χ0n) is 10.5. The van der Waals surface area contributed by atoms with E-state index in [2.05, 4.69) is 17.1 Å². The molecule has 16 heavy (non-hydrogen) atoms. The van der Waals surface area contributed by atoms with Crippen LogP contribution in [-0.2, 0) is 0 Å². The van der Waals surface area contributed by atoms with E-state index in [1.807, 2.05) is 0 Å². The minimum Gasteiger partial charge on any atom is -0.393 e. The predicted molar refractivity (Wildman–Crippen MR) is 66.5 cm³/mol. The number of hydrogen-bond donors (Lipinski definition) is 2. The maximum absolute atomic E-state index is 9.75. The SMILES string of the molecule is CCN1CCC(NCC2CCCC2O)CC1. The van der Waals surface area contributed by atoms with Crippen molar-refractivity contribution in [3.05, 3.63) is 0 Å². The van der Waals surface area contributed by atoms with Crippen molar-refractivity contribution in [2.45, 2.75) is 51.2 Å². The molecule has 1 aliphatic carbocycles. The summed E-state index contributed by atoms with van der Waals surface area (Å²) in [7, 11) is 0. The Morgan fingerprint density at radius 1 is 1.19 bits per heavy atom. The van der Waals surface area contributed by atoms with Crippen LogP contribution in [0.15, 0.2) is 0 Å². The summed E-state index contributed by atoms with van der Waals surface area (Å²) in [6, 6.07) is 0.690. The summed E-state index contributed by atoms with van der Waals surface area (Å²) >= 11 is 0. The van der Waals surface area contributed by atoms with E-state index in [9.17, 15) is 5.11 Å². The van der Waals surface area contributed by atoms with Crippen LogP contribution < -0.4 is 5.32 Å². The minimum absolute atomic E-state index is 0.0387. The van der Waals surface area contributed by atoms with Crippen LogP contribution in [0.1, 0.15) is 39.0 Å². The molecule has 1 heterocycles. The largest absolute Gasteiger partial charge is 0.393 e. The fourth-order valence-corrected chi connectivity index (χ4v) is 3.03. The lowest BCUT2D eigenvalue weighted by molar-refractivity contribution is 0.125. The molecule has 0 spiro atoms. The van der Waals surface area contributed by atoms with Crippen molar-refractivity contribution >= 4 is 0 Å². The molecular formula is C13H26N2O. The number of hydrogen-bond acceptors (Lipinski definition) is 3. The van der Waals surface area contributed by atoms with Crippen molar-refractivity contribution in [2.75, 3.05) is 26.2 Å². The van der Waals surface area contributed by atoms with Gasteiger partial charge >= 0.3 is 0 Å². The highest BCUT2D eigenvalue weighted by molar-refractivity contribution is 4.82. The fraction of sp³-hybridized carbons (Fsp3) is 1.00. The molecule has 2 rings (SSSR count). The Balaban J connectivity index is 1.63. The molecule has 0 aromatic carbocycles. The van der Waals surface area contributed by atoms with Gasteiger partial charge in [0.1, 0.15) is 0 Å². The average molecular weight is 226 g/mol. The van der Waals surface area contributed by atoms with E-state index in [1.165, 1.54) is 45.3 Å². The molecule has 0 radical (unpaired) electrons. The molecule has 3 heteroatoms. The highest BCUT2D eigenvalue weighted by Gasteiger charge is 2.26. The van der Waals surface area contributed by atoms with Gasteiger partial charge in [-0.05, 0) is 51.2 Å². The molecule has 0 bridgehead atoms. The standard InChI is InChI=1S/C13H26N2O/c1-2-15-8-6-12(7-9-15)14-10-11-4-3-5-13(11)16/h11-14,16H,2-10H2,1H3. The molecule has 1 saturated carbocycles. The molecule has 2 N–H and O–H groups in total. The molecule has 2 atom stereocenters. The van der Waals surface area contributed by atoms with Crippen LogP contribution >= 0.6 is 0 Å². The summed E-state index contributed by atoms with van der Waals surface area (Å²) in [5.74, 6) is 0.518. The van der Waals surface area contributed by atoms with E-state index in [-0.39, 0.29) is 6.10 Å². The first-order valence-electron chi connectivity index (χ1n) is 6.93. The van der Waals surface area contributed by atoms with Gasteiger partial charge in [-0.1, -0.05) is 13.3 Å². The summed E-state index contributed by atoms with van der Waals surface area (Å²) in [6.45, 7) is 6.93. The summed E-state index contributed by atoms with van der Waals surface area (Å²) in [5, 5.41) is 13.4. The van der Waals surface area contributed by atoms with E-state index in [0.717, 1.165) is 13.0 Å². The monoisotopic (exact) mass is 226 g/mol. The minimum atomic E-state index is -0.0387. The molecule has 2 aliphatic rings. The van der Waals surface area contributed by atoms with Gasteiger partial charge in [-0.25, -0.2) is 0 Å². The Hall–Kier alpha value is -0.120. The second-order valence-electron chi connectivity index (χ2n) is 5.38. The van der Waals surface area contributed by atoms with Gasteiger partial charge in [0.2, 0.25) is 0 Å². The molecule has 2 fully saturated rings. The molecule has 1 saturated heterocycles. The summed E-state index contributed by atoms with van der Waals surface area (Å²) < 4.78 is 0. The van der Waals surface area contributed by atoms with Crippen LogP contribution in [0, 0.1) is 5.92 Å². The van der Waals surface area contributed by atoms with Gasteiger partial charge in [-0.2, -0.15) is 0 Å². The molecule has 0 amide bonds. The number of aliphatic hydroxyl groups is 1. The van der Waals surface area contributed by atoms with Gasteiger partial charge in [0.25, 0.3) is 0 Å². The first-order valence-corrected chi connectivity index (χ1v) is 6.93. The highest BCUT2D eigenvalue weighted by atomic mass is 16.3. The van der Waals surface area contributed by atoms with Crippen molar-refractivity contribution in [3.63, 3.8) is 0 Å². The number of nitrogens with one attached hydrogen (secondary N) is 1. The second-order valence-corrected chi connectivity index (χ2v) is 5.38. The molecule has 2 unspecified atom stereocenters. The predicted octanol–water partition coefficient (Wildman–Crippen LogP) is 1.22. The van der Waals surface area contributed by atoms with Crippen molar-refractivity contribution < 1.29 is 5.11 Å². The fourth-order valence-electron chi connectivity index (χ4n) is 3.03. The Morgan fingerprint density at radius 3 is 2.50 bits per heavy atom. The highest BCUT2D eigenvalue weighted by Crippen LogP contribution is 2.25. The third-order valence-electron chi connectivity index (χ3n) is 4.32. The molecule has 0 aromatic rings. The smallest absolute Gasteiger partial charge is 0.0580 e. The van der Waals surface area contributed by atoms with Crippen molar-refractivity contribution in [1.29, 1.82) is 0 Å². The maximum Gasteiger partial charge on any atom is 0.0580 e. The first-order chi connectivity index (χ1) is 7.79. The normalized spacial score (nSPS) is 33.4. The van der Waals surface area contributed by atoms with Crippen LogP contribution in [0.3, 0.4) is 0 Å². The molecule has 94 valence electrons. The topological polar surface area (TPSA) is 35.5 Å². The summed E-state index contributed by atoms with van der Waals surface area (Å²) in [6.07, 6.45) is 5.95. The number of likely N-dealkylation sites (tertiary alicyclic amines) is 1. The van der Waals surface area contributed by atoms with E-state index in [4.69, 9.17) is 0 Å². The summed E-state index contributed by atoms with van der Waals surface area (Å²) in [5.41, 5.74) is 0. The van der Waals surface area contributed by atoms with Crippen LogP contribution in [0.2, 0.25) is 0 Å². The summed E-state index contributed by atoms with van der Waals surface area (Å²) in [4.78, 5) is 2.52. The van der Waals surface area contributed by atoms with E-state index < -0.39 is 0 Å². The molecular weight excluding hydrogens is 200 g/mol. The van der Waals surface area contributed by atoms with Gasteiger partial charge in [-0.15, -0.1) is 0 Å². The van der Waals surface area contributed by atoms with Crippen molar-refractivity contribution in [1.82, 2.24) is 10.2 Å². The lowest BCUT2D eigenvalue weighted by Gasteiger charge is -2.32. The number of nitrogens with zero attached hydrogens (tertiary/aromatic N) is 1. The number of piperidine rings is 1. The molecule has 0 aromatic heterocycles. The Kier molecular flexibility index (Phi) is 4.62. The zero-order chi connectivity index (χ0) is 11.4. The Labute approximate surface area is 99.2 Å². The van der Waals surface area contributed by atoms with Crippen LogP contribution in [0.5, 0.6) is 0 Å². The van der Waals surface area contributed by atoms with Crippen LogP contribution in [0.25, 0.3) is 0 Å². The zero-order valence-corrected chi connectivity index (χ0v) is 10.5. The first kappa shape index (κ1) is 12.3. The lowest BCUT2D eigenvalue weighted by atomic mass is 10.0. The van der Waals surface area contributed by atoms with Crippen molar-refractivity contribution in [2.24, 2.45) is 5.92 Å². The third kappa shape index (κ3) is 3.19. The van der Waals surface area contributed by atoms with E-state index >= 15 is 0 Å². The van der Waals surface area contributed by atoms with Gasteiger partial charge in [0, 0.05) is 12.6 Å². The van der Waals surface area contributed by atoms with Gasteiger partial charge < -0.3 is 15.3 Å². The van der Waals surface area contributed by atoms with Crippen LogP contribution in [0.4, 0.5) is 0 Å². The van der Waals surface area contributed by atoms with Gasteiger partial charge in [-0.3, -0.25) is 0 Å².